The van der Waals surface area contributed by atoms with Crippen molar-refractivity contribution in [3.8, 4) is 44.8 Å². The SMILES string of the molecule is c1ccc(-c2ccc(-c3cccc4c3oc3c(-c5ccc(-n6c7ccccc7c7cc8ccn(-c9ccccc9)c8cc76)cc5)cccc34)cc2)cc1. The molecule has 8 aromatic carbocycles. The van der Waals surface area contributed by atoms with Gasteiger partial charge in [0.05, 0.1) is 16.6 Å². The number of para-hydroxylation sites is 4. The van der Waals surface area contributed by atoms with E-state index in [0.29, 0.717) is 0 Å². The molecule has 3 nitrogen and oxygen atoms in total. The van der Waals surface area contributed by atoms with Crippen LogP contribution < -0.4 is 0 Å². The minimum atomic E-state index is 0.907. The standard InChI is InChI=1S/C50H32N2O/c1-3-11-33(12-4-1)34-21-23-35(24-22-34)40-16-9-18-43-44-19-10-17-41(50(44)53-49(40)43)36-25-27-39(28-26-36)52-46-20-8-7-15-42(46)45-31-37-29-30-51(47(37)32-48(45)52)38-13-5-2-6-14-38/h1-32H. The fourth-order valence-electron chi connectivity index (χ4n) is 8.23. The van der Waals surface area contributed by atoms with Crippen LogP contribution in [0.4, 0.5) is 0 Å². The molecule has 11 aromatic rings. The molecular weight excluding hydrogens is 645 g/mol. The van der Waals surface area contributed by atoms with Crippen molar-refractivity contribution >= 4 is 54.6 Å². The van der Waals surface area contributed by atoms with Crippen molar-refractivity contribution in [2.45, 2.75) is 0 Å². The maximum absolute atomic E-state index is 6.83. The van der Waals surface area contributed by atoms with Crippen molar-refractivity contribution in [1.29, 1.82) is 0 Å². The summed E-state index contributed by atoms with van der Waals surface area (Å²) in [4.78, 5) is 0. The van der Waals surface area contributed by atoms with Gasteiger partial charge in [-0.3, -0.25) is 0 Å². The van der Waals surface area contributed by atoms with E-state index in [2.05, 4.69) is 203 Å². The fraction of sp³-hybridized carbons (Fsp3) is 0. The summed E-state index contributed by atoms with van der Waals surface area (Å²) >= 11 is 0. The maximum atomic E-state index is 6.83. The van der Waals surface area contributed by atoms with Crippen LogP contribution in [0.3, 0.4) is 0 Å². The average Bonchev–Trinajstić information content (AvgIpc) is 3.92. The quantitative estimate of drug-likeness (QED) is 0.178. The Kier molecular flexibility index (Phi) is 6.55. The smallest absolute Gasteiger partial charge is 0.143 e. The van der Waals surface area contributed by atoms with Crippen LogP contribution in [-0.2, 0) is 0 Å². The van der Waals surface area contributed by atoms with Crippen LogP contribution in [0.2, 0.25) is 0 Å². The van der Waals surface area contributed by atoms with Gasteiger partial charge >= 0.3 is 0 Å². The van der Waals surface area contributed by atoms with Crippen LogP contribution in [0.1, 0.15) is 0 Å². The molecule has 248 valence electrons. The molecule has 0 radical (unpaired) electrons. The first-order valence-corrected chi connectivity index (χ1v) is 18.1. The van der Waals surface area contributed by atoms with E-state index >= 15 is 0 Å². The predicted molar refractivity (Wildman–Crippen MR) is 221 cm³/mol. The number of fused-ring (bicyclic) bond motifs is 7. The Morgan fingerprint density at radius 1 is 0.340 bits per heavy atom. The Hall–Kier alpha value is -7.10. The highest BCUT2D eigenvalue weighted by molar-refractivity contribution is 6.14. The van der Waals surface area contributed by atoms with Crippen LogP contribution in [0.15, 0.2) is 199 Å². The van der Waals surface area contributed by atoms with Gasteiger partial charge in [-0.2, -0.15) is 0 Å². The lowest BCUT2D eigenvalue weighted by atomic mass is 9.98. The average molecular weight is 677 g/mol. The monoisotopic (exact) mass is 676 g/mol. The summed E-state index contributed by atoms with van der Waals surface area (Å²) in [5.41, 5.74) is 14.5. The summed E-state index contributed by atoms with van der Waals surface area (Å²) in [5, 5.41) is 5.97. The van der Waals surface area contributed by atoms with Crippen molar-refractivity contribution in [2.24, 2.45) is 0 Å². The van der Waals surface area contributed by atoms with E-state index in [1.54, 1.807) is 0 Å². The number of benzene rings is 8. The first kappa shape index (κ1) is 29.6. The van der Waals surface area contributed by atoms with Crippen molar-refractivity contribution < 1.29 is 4.42 Å². The van der Waals surface area contributed by atoms with Gasteiger partial charge in [-0.1, -0.05) is 140 Å². The molecule has 0 aliphatic carbocycles. The topological polar surface area (TPSA) is 23.0 Å². The maximum Gasteiger partial charge on any atom is 0.143 e. The number of nitrogens with zero attached hydrogens (tertiary/aromatic N) is 2. The van der Waals surface area contributed by atoms with E-state index < -0.39 is 0 Å². The Bertz CT molecular complexity index is 3130. The van der Waals surface area contributed by atoms with E-state index in [1.165, 1.54) is 43.8 Å². The molecule has 3 heterocycles. The summed E-state index contributed by atoms with van der Waals surface area (Å²) in [7, 11) is 0. The molecule has 0 saturated heterocycles. The number of aromatic nitrogens is 2. The molecule has 0 atom stereocenters. The van der Waals surface area contributed by atoms with Crippen molar-refractivity contribution in [1.82, 2.24) is 9.13 Å². The summed E-state index contributed by atoms with van der Waals surface area (Å²) < 4.78 is 11.5. The zero-order valence-corrected chi connectivity index (χ0v) is 28.8. The summed E-state index contributed by atoms with van der Waals surface area (Å²) in [6.45, 7) is 0. The second kappa shape index (κ2) is 11.7. The molecule has 11 rings (SSSR count). The summed E-state index contributed by atoms with van der Waals surface area (Å²) in [6, 6.07) is 67.3. The molecule has 3 aromatic heterocycles. The highest BCUT2D eigenvalue weighted by atomic mass is 16.3. The van der Waals surface area contributed by atoms with E-state index in [0.717, 1.165) is 55.6 Å². The Morgan fingerprint density at radius 3 is 1.60 bits per heavy atom. The zero-order chi connectivity index (χ0) is 34.9. The van der Waals surface area contributed by atoms with Crippen LogP contribution in [-0.4, -0.2) is 9.13 Å². The fourth-order valence-corrected chi connectivity index (χ4v) is 8.23. The molecule has 0 aliphatic rings. The summed E-state index contributed by atoms with van der Waals surface area (Å²) in [6.07, 6.45) is 2.17. The van der Waals surface area contributed by atoms with Gasteiger partial charge in [-0.05, 0) is 70.8 Å². The number of rotatable bonds is 5. The minimum absolute atomic E-state index is 0.907. The van der Waals surface area contributed by atoms with E-state index in [1.807, 2.05) is 0 Å². The zero-order valence-electron chi connectivity index (χ0n) is 28.8. The summed E-state index contributed by atoms with van der Waals surface area (Å²) in [5.74, 6) is 0. The van der Waals surface area contributed by atoms with Crippen LogP contribution in [0, 0.1) is 0 Å². The molecule has 0 N–H and O–H groups in total. The van der Waals surface area contributed by atoms with E-state index in [9.17, 15) is 0 Å². The predicted octanol–water partition coefficient (Wildman–Crippen LogP) is 13.6. The van der Waals surface area contributed by atoms with Crippen LogP contribution >= 0.6 is 0 Å². The lowest BCUT2D eigenvalue weighted by Crippen LogP contribution is -1.95. The third kappa shape index (κ3) is 4.68. The van der Waals surface area contributed by atoms with Gasteiger partial charge in [-0.15, -0.1) is 0 Å². The molecule has 0 bridgehead atoms. The lowest BCUT2D eigenvalue weighted by molar-refractivity contribution is 0.671. The Morgan fingerprint density at radius 2 is 0.906 bits per heavy atom. The molecule has 0 saturated carbocycles. The molecule has 0 aliphatic heterocycles. The second-order valence-corrected chi connectivity index (χ2v) is 13.8. The molecule has 0 fully saturated rings. The van der Waals surface area contributed by atoms with Gasteiger partial charge in [0, 0.05) is 55.6 Å². The second-order valence-electron chi connectivity index (χ2n) is 13.8. The first-order valence-electron chi connectivity index (χ1n) is 18.1. The highest BCUT2D eigenvalue weighted by Crippen LogP contribution is 2.41. The Labute approximate surface area is 306 Å². The lowest BCUT2D eigenvalue weighted by Gasteiger charge is -2.11. The normalized spacial score (nSPS) is 11.8. The van der Waals surface area contributed by atoms with Crippen LogP contribution in [0.25, 0.3) is 99.4 Å². The van der Waals surface area contributed by atoms with Crippen LogP contribution in [0.5, 0.6) is 0 Å². The minimum Gasteiger partial charge on any atom is -0.455 e. The molecule has 3 heteroatoms. The van der Waals surface area contributed by atoms with Crippen molar-refractivity contribution in [2.75, 3.05) is 0 Å². The third-order valence-electron chi connectivity index (χ3n) is 10.8. The third-order valence-corrected chi connectivity index (χ3v) is 10.8. The number of furan rings is 1. The Balaban J connectivity index is 1.02. The molecule has 0 amide bonds. The van der Waals surface area contributed by atoms with E-state index in [4.69, 9.17) is 4.42 Å². The van der Waals surface area contributed by atoms with Gasteiger partial charge in [0.1, 0.15) is 11.2 Å². The van der Waals surface area contributed by atoms with Gasteiger partial charge in [0.2, 0.25) is 0 Å². The van der Waals surface area contributed by atoms with Gasteiger partial charge in [0.25, 0.3) is 0 Å². The number of hydrogen-bond donors (Lipinski definition) is 0. The van der Waals surface area contributed by atoms with E-state index in [-0.39, 0.29) is 0 Å². The molecule has 53 heavy (non-hydrogen) atoms. The highest BCUT2D eigenvalue weighted by Gasteiger charge is 2.18. The van der Waals surface area contributed by atoms with Crippen molar-refractivity contribution in [3.05, 3.63) is 194 Å². The largest absolute Gasteiger partial charge is 0.455 e. The van der Waals surface area contributed by atoms with Gasteiger partial charge < -0.3 is 13.6 Å². The van der Waals surface area contributed by atoms with Crippen molar-refractivity contribution in [3.63, 3.8) is 0 Å². The first-order chi connectivity index (χ1) is 26.3. The molecule has 0 spiro atoms. The van der Waals surface area contributed by atoms with Gasteiger partial charge in [0.15, 0.2) is 0 Å². The number of hydrogen-bond acceptors (Lipinski definition) is 1. The molecular formula is C50H32N2O. The molecule has 0 unspecified atom stereocenters. The van der Waals surface area contributed by atoms with Gasteiger partial charge in [-0.25, -0.2) is 0 Å².